The zero-order valence-electron chi connectivity index (χ0n) is 15.6. The number of ether oxygens (including phenoxy) is 1. The molecule has 0 unspecified atom stereocenters. The molecular weight excluding hydrogens is 385 g/mol. The van der Waals surface area contributed by atoms with Gasteiger partial charge in [-0.15, -0.1) is 24.8 Å². The van der Waals surface area contributed by atoms with Crippen molar-refractivity contribution in [1.82, 2.24) is 5.32 Å². The van der Waals surface area contributed by atoms with Crippen molar-refractivity contribution in [2.45, 2.75) is 25.8 Å². The lowest BCUT2D eigenvalue weighted by molar-refractivity contribution is 0.0930. The molecule has 1 amide bonds. The summed E-state index contributed by atoms with van der Waals surface area (Å²) in [5.41, 5.74) is 9.14. The van der Waals surface area contributed by atoms with Gasteiger partial charge in [-0.2, -0.15) is 0 Å². The lowest BCUT2D eigenvalue weighted by Crippen LogP contribution is -2.45. The smallest absolute Gasteiger partial charge is 0.251 e. The topological polar surface area (TPSA) is 67.6 Å². The molecule has 0 radical (unpaired) electrons. The number of halogens is 2. The number of aryl methyl sites for hydroxylation is 1. The standard InChI is InChI=1S/C20H25N3O2.2ClH/c1-14-7-8-15(21)13-17(14)20(24)22-16-9-11-23(12-10-16)18-5-3-4-6-19(18)25-2;;/h3-8,13,16H,9-12,21H2,1-2H3,(H,22,24);2*1H. The van der Waals surface area contributed by atoms with Gasteiger partial charge in [0.1, 0.15) is 5.75 Å². The van der Waals surface area contributed by atoms with E-state index in [4.69, 9.17) is 10.5 Å². The highest BCUT2D eigenvalue weighted by molar-refractivity contribution is 5.96. The van der Waals surface area contributed by atoms with Crippen molar-refractivity contribution in [3.05, 3.63) is 53.6 Å². The van der Waals surface area contributed by atoms with Crippen LogP contribution in [0.3, 0.4) is 0 Å². The lowest BCUT2D eigenvalue weighted by atomic mass is 10.0. The van der Waals surface area contributed by atoms with Gasteiger partial charge in [0.05, 0.1) is 12.8 Å². The van der Waals surface area contributed by atoms with E-state index in [1.54, 1.807) is 13.2 Å². The Morgan fingerprint density at radius 2 is 1.81 bits per heavy atom. The van der Waals surface area contributed by atoms with Gasteiger partial charge in [-0.05, 0) is 49.6 Å². The highest BCUT2D eigenvalue weighted by Crippen LogP contribution is 2.30. The summed E-state index contributed by atoms with van der Waals surface area (Å²) in [5, 5.41) is 3.15. The number of nitrogens with two attached hydrogens (primary N) is 1. The summed E-state index contributed by atoms with van der Waals surface area (Å²) < 4.78 is 5.45. The molecule has 2 aromatic carbocycles. The second kappa shape index (κ2) is 10.3. The SMILES string of the molecule is COc1ccccc1N1CCC(NC(=O)c2cc(N)ccc2C)CC1.Cl.Cl. The molecule has 5 nitrogen and oxygen atoms in total. The van der Waals surface area contributed by atoms with E-state index in [1.165, 1.54) is 0 Å². The van der Waals surface area contributed by atoms with E-state index < -0.39 is 0 Å². The molecule has 3 rings (SSSR count). The number of hydrogen-bond acceptors (Lipinski definition) is 4. The quantitative estimate of drug-likeness (QED) is 0.750. The molecular formula is C20H27Cl2N3O2. The van der Waals surface area contributed by atoms with E-state index in [-0.39, 0.29) is 36.8 Å². The average Bonchev–Trinajstić information content (AvgIpc) is 2.64. The van der Waals surface area contributed by atoms with Crippen LogP contribution in [0.1, 0.15) is 28.8 Å². The number of anilines is 2. The number of piperidine rings is 1. The van der Waals surface area contributed by atoms with Crippen LogP contribution in [-0.4, -0.2) is 32.1 Å². The molecule has 148 valence electrons. The van der Waals surface area contributed by atoms with Gasteiger partial charge < -0.3 is 20.7 Å². The molecule has 0 saturated carbocycles. The summed E-state index contributed by atoms with van der Waals surface area (Å²) >= 11 is 0. The zero-order valence-corrected chi connectivity index (χ0v) is 17.2. The van der Waals surface area contributed by atoms with Gasteiger partial charge in [0.15, 0.2) is 0 Å². The largest absolute Gasteiger partial charge is 0.495 e. The Kier molecular flexibility index (Phi) is 8.73. The van der Waals surface area contributed by atoms with Crippen molar-refractivity contribution in [1.29, 1.82) is 0 Å². The summed E-state index contributed by atoms with van der Waals surface area (Å²) in [7, 11) is 1.69. The molecule has 1 aliphatic heterocycles. The summed E-state index contributed by atoms with van der Waals surface area (Å²) in [6.45, 7) is 3.71. The number of hydrogen-bond donors (Lipinski definition) is 2. The molecule has 7 heteroatoms. The Hall–Kier alpha value is -2.11. The van der Waals surface area contributed by atoms with Crippen molar-refractivity contribution in [2.75, 3.05) is 30.8 Å². The van der Waals surface area contributed by atoms with Gasteiger partial charge in [0.2, 0.25) is 0 Å². The molecule has 1 saturated heterocycles. The Morgan fingerprint density at radius 3 is 2.48 bits per heavy atom. The second-order valence-electron chi connectivity index (χ2n) is 6.48. The first-order valence-corrected chi connectivity index (χ1v) is 8.63. The first-order valence-electron chi connectivity index (χ1n) is 8.63. The Morgan fingerprint density at radius 1 is 1.15 bits per heavy atom. The van der Waals surface area contributed by atoms with Gasteiger partial charge in [0, 0.05) is 30.4 Å². The normalized spacial score (nSPS) is 13.9. The molecule has 1 heterocycles. The van der Waals surface area contributed by atoms with Crippen LogP contribution in [0.4, 0.5) is 11.4 Å². The van der Waals surface area contributed by atoms with Crippen LogP contribution in [0.2, 0.25) is 0 Å². The summed E-state index contributed by atoms with van der Waals surface area (Å²) in [4.78, 5) is 14.9. The molecule has 0 aromatic heterocycles. The van der Waals surface area contributed by atoms with Gasteiger partial charge in [-0.25, -0.2) is 0 Å². The van der Waals surface area contributed by atoms with Crippen LogP contribution < -0.4 is 20.7 Å². The summed E-state index contributed by atoms with van der Waals surface area (Å²) in [6, 6.07) is 13.7. The third-order valence-corrected chi connectivity index (χ3v) is 4.76. The fourth-order valence-electron chi connectivity index (χ4n) is 3.30. The number of para-hydroxylation sites is 2. The van der Waals surface area contributed by atoms with Gasteiger partial charge in [-0.1, -0.05) is 18.2 Å². The van der Waals surface area contributed by atoms with Crippen LogP contribution in [0.5, 0.6) is 5.75 Å². The Bertz CT molecular complexity index is 763. The van der Waals surface area contributed by atoms with Gasteiger partial charge in [-0.3, -0.25) is 4.79 Å². The van der Waals surface area contributed by atoms with E-state index in [0.717, 1.165) is 42.9 Å². The first-order chi connectivity index (χ1) is 12.1. The maximum Gasteiger partial charge on any atom is 0.251 e. The molecule has 3 N–H and O–H groups in total. The number of methoxy groups -OCH3 is 1. The fraction of sp³-hybridized carbons (Fsp3) is 0.350. The number of nitrogen functional groups attached to an aromatic ring is 1. The number of amides is 1. The molecule has 0 bridgehead atoms. The van der Waals surface area contributed by atoms with Crippen molar-refractivity contribution < 1.29 is 9.53 Å². The number of nitrogens with one attached hydrogen (secondary N) is 1. The van der Waals surface area contributed by atoms with Crippen molar-refractivity contribution >= 4 is 42.1 Å². The van der Waals surface area contributed by atoms with Gasteiger partial charge in [0.25, 0.3) is 5.91 Å². The molecule has 0 spiro atoms. The van der Waals surface area contributed by atoms with Crippen molar-refractivity contribution in [3.8, 4) is 5.75 Å². The van der Waals surface area contributed by atoms with Crippen LogP contribution in [-0.2, 0) is 0 Å². The van der Waals surface area contributed by atoms with Crippen LogP contribution in [0, 0.1) is 6.92 Å². The minimum absolute atomic E-state index is 0. The van der Waals surface area contributed by atoms with Crippen molar-refractivity contribution in [3.63, 3.8) is 0 Å². The third kappa shape index (κ3) is 5.44. The highest BCUT2D eigenvalue weighted by Gasteiger charge is 2.23. The predicted molar refractivity (Wildman–Crippen MR) is 116 cm³/mol. The molecule has 1 fully saturated rings. The molecule has 1 aliphatic rings. The average molecular weight is 412 g/mol. The minimum Gasteiger partial charge on any atom is -0.495 e. The maximum atomic E-state index is 12.5. The van der Waals surface area contributed by atoms with E-state index in [1.807, 2.05) is 37.3 Å². The lowest BCUT2D eigenvalue weighted by Gasteiger charge is -2.34. The Labute approximate surface area is 173 Å². The number of carbonyl (C=O) groups is 1. The minimum atomic E-state index is -0.0412. The van der Waals surface area contributed by atoms with E-state index >= 15 is 0 Å². The van der Waals surface area contributed by atoms with E-state index in [9.17, 15) is 4.79 Å². The zero-order chi connectivity index (χ0) is 17.8. The molecule has 2 aromatic rings. The third-order valence-electron chi connectivity index (χ3n) is 4.76. The Balaban J connectivity index is 0.00000182. The van der Waals surface area contributed by atoms with Crippen LogP contribution in [0.15, 0.2) is 42.5 Å². The monoisotopic (exact) mass is 411 g/mol. The number of rotatable bonds is 4. The number of benzene rings is 2. The fourth-order valence-corrected chi connectivity index (χ4v) is 3.30. The second-order valence-corrected chi connectivity index (χ2v) is 6.48. The summed E-state index contributed by atoms with van der Waals surface area (Å²) in [6.07, 6.45) is 1.82. The van der Waals surface area contributed by atoms with Crippen LogP contribution >= 0.6 is 24.8 Å². The molecule has 0 aliphatic carbocycles. The maximum absolute atomic E-state index is 12.5. The predicted octanol–water partition coefficient (Wildman–Crippen LogP) is 3.83. The highest BCUT2D eigenvalue weighted by atomic mass is 35.5. The molecule has 0 atom stereocenters. The van der Waals surface area contributed by atoms with Crippen molar-refractivity contribution in [2.24, 2.45) is 0 Å². The first kappa shape index (κ1) is 22.9. The number of carbonyl (C=O) groups excluding carboxylic acids is 1. The van der Waals surface area contributed by atoms with E-state index in [2.05, 4.69) is 16.3 Å². The van der Waals surface area contributed by atoms with Gasteiger partial charge >= 0.3 is 0 Å². The van der Waals surface area contributed by atoms with Crippen LogP contribution in [0.25, 0.3) is 0 Å². The summed E-state index contributed by atoms with van der Waals surface area (Å²) in [5.74, 6) is 0.848. The number of nitrogens with zero attached hydrogens (tertiary/aromatic N) is 1. The van der Waals surface area contributed by atoms with E-state index in [0.29, 0.717) is 11.3 Å². The molecule has 27 heavy (non-hydrogen) atoms.